The van der Waals surface area contributed by atoms with Crippen LogP contribution >= 0.6 is 12.2 Å². The molecule has 0 spiro atoms. The standard InChI is InChI=1S/C14H18N2O2S/c1-18-11-8-4-7-10(13(15)19)12(11)16-14(17)9-5-2-3-6-9/h4,7-9H,2-3,5-6H2,1H3,(H2,15,19)(H,16,17). The lowest BCUT2D eigenvalue weighted by molar-refractivity contribution is -0.119. The van der Waals surface area contributed by atoms with E-state index in [0.717, 1.165) is 25.7 Å². The van der Waals surface area contributed by atoms with Crippen molar-refractivity contribution in [2.45, 2.75) is 25.7 Å². The Hall–Kier alpha value is -1.62. The maximum Gasteiger partial charge on any atom is 0.227 e. The normalized spacial score (nSPS) is 15.2. The van der Waals surface area contributed by atoms with Crippen molar-refractivity contribution < 1.29 is 9.53 Å². The third-order valence-corrected chi connectivity index (χ3v) is 3.71. The summed E-state index contributed by atoms with van der Waals surface area (Å²) in [5.74, 6) is 0.695. The van der Waals surface area contributed by atoms with Crippen LogP contribution in [0.4, 0.5) is 5.69 Å². The molecule has 0 radical (unpaired) electrons. The zero-order chi connectivity index (χ0) is 13.8. The number of hydrogen-bond donors (Lipinski definition) is 2. The second-order valence-electron chi connectivity index (χ2n) is 4.72. The number of benzene rings is 1. The highest BCUT2D eigenvalue weighted by Crippen LogP contribution is 2.31. The Morgan fingerprint density at radius 1 is 1.42 bits per heavy atom. The maximum absolute atomic E-state index is 12.2. The van der Waals surface area contributed by atoms with Gasteiger partial charge in [-0.3, -0.25) is 4.79 Å². The number of carbonyl (C=O) groups is 1. The molecular weight excluding hydrogens is 260 g/mol. The number of rotatable bonds is 4. The number of amides is 1. The molecule has 19 heavy (non-hydrogen) atoms. The molecule has 1 amide bonds. The molecule has 1 aliphatic rings. The number of ether oxygens (including phenoxy) is 1. The highest BCUT2D eigenvalue weighted by atomic mass is 32.1. The number of para-hydroxylation sites is 1. The van der Waals surface area contributed by atoms with Crippen LogP contribution in [0.3, 0.4) is 0 Å². The molecule has 0 unspecified atom stereocenters. The molecule has 1 aromatic rings. The zero-order valence-electron chi connectivity index (χ0n) is 10.9. The highest BCUT2D eigenvalue weighted by molar-refractivity contribution is 7.80. The van der Waals surface area contributed by atoms with E-state index in [0.29, 0.717) is 17.0 Å². The fourth-order valence-electron chi connectivity index (χ4n) is 2.45. The topological polar surface area (TPSA) is 64.3 Å². The first-order chi connectivity index (χ1) is 9.13. The summed E-state index contributed by atoms with van der Waals surface area (Å²) < 4.78 is 5.27. The predicted molar refractivity (Wildman–Crippen MR) is 79.5 cm³/mol. The van der Waals surface area contributed by atoms with Crippen LogP contribution in [0.2, 0.25) is 0 Å². The second kappa shape index (κ2) is 6.02. The van der Waals surface area contributed by atoms with E-state index in [1.54, 1.807) is 25.3 Å². The molecule has 0 bridgehead atoms. The van der Waals surface area contributed by atoms with Crippen molar-refractivity contribution in [2.75, 3.05) is 12.4 Å². The average molecular weight is 278 g/mol. The number of hydrogen-bond acceptors (Lipinski definition) is 3. The Morgan fingerprint density at radius 2 is 2.11 bits per heavy atom. The van der Waals surface area contributed by atoms with E-state index in [1.165, 1.54) is 0 Å². The molecule has 1 aliphatic carbocycles. The van der Waals surface area contributed by atoms with Crippen LogP contribution in [0, 0.1) is 5.92 Å². The Balaban J connectivity index is 2.26. The van der Waals surface area contributed by atoms with Gasteiger partial charge in [-0.25, -0.2) is 0 Å². The predicted octanol–water partition coefficient (Wildman–Crippen LogP) is 2.46. The summed E-state index contributed by atoms with van der Waals surface area (Å²) in [6, 6.07) is 5.37. The fraction of sp³-hybridized carbons (Fsp3) is 0.429. The van der Waals surface area contributed by atoms with Gasteiger partial charge in [-0.15, -0.1) is 0 Å². The van der Waals surface area contributed by atoms with Gasteiger partial charge in [0.05, 0.1) is 12.8 Å². The Morgan fingerprint density at radius 3 is 2.68 bits per heavy atom. The molecule has 1 aromatic carbocycles. The van der Waals surface area contributed by atoms with Gasteiger partial charge in [-0.2, -0.15) is 0 Å². The molecular formula is C14H18N2O2S. The highest BCUT2D eigenvalue weighted by Gasteiger charge is 2.24. The first-order valence-electron chi connectivity index (χ1n) is 6.41. The van der Waals surface area contributed by atoms with Crippen molar-refractivity contribution in [1.29, 1.82) is 0 Å². The van der Waals surface area contributed by atoms with Crippen LogP contribution < -0.4 is 15.8 Å². The van der Waals surface area contributed by atoms with E-state index < -0.39 is 0 Å². The zero-order valence-corrected chi connectivity index (χ0v) is 11.8. The fourth-order valence-corrected chi connectivity index (χ4v) is 2.62. The van der Waals surface area contributed by atoms with Gasteiger partial charge < -0.3 is 15.8 Å². The number of thiocarbonyl (C=S) groups is 1. The molecule has 0 aliphatic heterocycles. The lowest BCUT2D eigenvalue weighted by Gasteiger charge is -2.16. The third kappa shape index (κ3) is 3.04. The second-order valence-corrected chi connectivity index (χ2v) is 5.16. The quantitative estimate of drug-likeness (QED) is 0.830. The average Bonchev–Trinajstić information content (AvgIpc) is 2.92. The van der Waals surface area contributed by atoms with Crippen molar-refractivity contribution >= 4 is 28.8 Å². The van der Waals surface area contributed by atoms with Gasteiger partial charge in [-0.1, -0.05) is 31.1 Å². The molecule has 3 N–H and O–H groups in total. The molecule has 0 heterocycles. The minimum Gasteiger partial charge on any atom is -0.495 e. The van der Waals surface area contributed by atoms with E-state index in [2.05, 4.69) is 5.32 Å². The number of anilines is 1. The Labute approximate surface area is 118 Å². The third-order valence-electron chi connectivity index (χ3n) is 3.49. The van der Waals surface area contributed by atoms with Gasteiger partial charge in [-0.05, 0) is 25.0 Å². The number of carbonyl (C=O) groups excluding carboxylic acids is 1. The van der Waals surface area contributed by atoms with Gasteiger partial charge in [0.25, 0.3) is 0 Å². The van der Waals surface area contributed by atoms with Crippen molar-refractivity contribution in [3.63, 3.8) is 0 Å². The first kappa shape index (κ1) is 13.8. The van der Waals surface area contributed by atoms with Crippen molar-refractivity contribution in [3.8, 4) is 5.75 Å². The van der Waals surface area contributed by atoms with Crippen LogP contribution in [-0.2, 0) is 4.79 Å². The van der Waals surface area contributed by atoms with E-state index in [1.807, 2.05) is 0 Å². The number of nitrogens with two attached hydrogens (primary N) is 1. The van der Waals surface area contributed by atoms with Crippen LogP contribution in [0.25, 0.3) is 0 Å². The summed E-state index contributed by atoms with van der Waals surface area (Å²) in [5, 5.41) is 2.92. The molecule has 0 aromatic heterocycles. The Bertz CT molecular complexity index is 496. The minimum atomic E-state index is 0.0273. The first-order valence-corrected chi connectivity index (χ1v) is 6.82. The van der Waals surface area contributed by atoms with E-state index in [9.17, 15) is 4.79 Å². The van der Waals surface area contributed by atoms with Crippen molar-refractivity contribution in [1.82, 2.24) is 0 Å². The van der Waals surface area contributed by atoms with Crippen LogP contribution in [0.15, 0.2) is 18.2 Å². The summed E-state index contributed by atoms with van der Waals surface area (Å²) in [7, 11) is 1.56. The van der Waals surface area contributed by atoms with Crippen LogP contribution in [0.5, 0.6) is 5.75 Å². The van der Waals surface area contributed by atoms with Crippen molar-refractivity contribution in [3.05, 3.63) is 23.8 Å². The molecule has 1 fully saturated rings. The lowest BCUT2D eigenvalue weighted by atomic mass is 10.1. The molecule has 0 saturated heterocycles. The molecule has 0 atom stereocenters. The minimum absolute atomic E-state index is 0.0273. The van der Waals surface area contributed by atoms with Crippen LogP contribution in [-0.4, -0.2) is 18.0 Å². The summed E-state index contributed by atoms with van der Waals surface area (Å²) in [6.45, 7) is 0. The SMILES string of the molecule is COc1cccc(C(N)=S)c1NC(=O)C1CCCC1. The molecule has 102 valence electrons. The molecule has 2 rings (SSSR count). The summed E-state index contributed by atoms with van der Waals surface area (Å²) in [4.78, 5) is 12.5. The number of nitrogens with one attached hydrogen (secondary N) is 1. The van der Waals surface area contributed by atoms with Gasteiger partial charge in [0.2, 0.25) is 5.91 Å². The number of methoxy groups -OCH3 is 1. The van der Waals surface area contributed by atoms with Gasteiger partial charge >= 0.3 is 0 Å². The van der Waals surface area contributed by atoms with E-state index in [-0.39, 0.29) is 16.8 Å². The van der Waals surface area contributed by atoms with Gasteiger partial charge in [0.15, 0.2) is 0 Å². The van der Waals surface area contributed by atoms with Gasteiger partial charge in [0, 0.05) is 11.5 Å². The van der Waals surface area contributed by atoms with Crippen molar-refractivity contribution in [2.24, 2.45) is 11.7 Å². The largest absolute Gasteiger partial charge is 0.495 e. The molecule has 1 saturated carbocycles. The van der Waals surface area contributed by atoms with Gasteiger partial charge in [0.1, 0.15) is 10.7 Å². The maximum atomic E-state index is 12.2. The van der Waals surface area contributed by atoms with E-state index >= 15 is 0 Å². The molecule has 5 heteroatoms. The summed E-state index contributed by atoms with van der Waals surface area (Å²) in [6.07, 6.45) is 4.13. The van der Waals surface area contributed by atoms with Crippen LogP contribution in [0.1, 0.15) is 31.2 Å². The smallest absolute Gasteiger partial charge is 0.227 e. The van der Waals surface area contributed by atoms with E-state index in [4.69, 9.17) is 22.7 Å². The Kier molecular flexibility index (Phi) is 4.37. The summed E-state index contributed by atoms with van der Waals surface area (Å²) >= 11 is 5.02. The monoisotopic (exact) mass is 278 g/mol. The lowest BCUT2D eigenvalue weighted by Crippen LogP contribution is -2.23. The molecule has 4 nitrogen and oxygen atoms in total. The summed E-state index contributed by atoms with van der Waals surface area (Å²) in [5.41, 5.74) is 6.91.